The summed E-state index contributed by atoms with van der Waals surface area (Å²) in [6, 6.07) is 9.51. The van der Waals surface area contributed by atoms with Gasteiger partial charge in [0.2, 0.25) is 10.0 Å². The molecule has 0 fully saturated rings. The van der Waals surface area contributed by atoms with Gasteiger partial charge in [0.05, 0.1) is 41.4 Å². The summed E-state index contributed by atoms with van der Waals surface area (Å²) in [7, 11) is -3.32. The lowest BCUT2D eigenvalue weighted by atomic mass is 9.95. The van der Waals surface area contributed by atoms with Gasteiger partial charge in [0.15, 0.2) is 0 Å². The maximum atomic E-state index is 13.5. The first-order valence-electron chi connectivity index (χ1n) is 11.7. The van der Waals surface area contributed by atoms with Crippen LogP contribution < -0.4 is 26.0 Å². The van der Waals surface area contributed by atoms with Gasteiger partial charge in [-0.2, -0.15) is 13.2 Å². The largest absolute Gasteiger partial charge is 0.416 e. The summed E-state index contributed by atoms with van der Waals surface area (Å²) in [5.41, 5.74) is 6.49. The lowest BCUT2D eigenvalue weighted by molar-refractivity contribution is -0.137. The Kier molecular flexibility index (Phi) is 7.67. The number of alkyl halides is 3. The second-order valence-corrected chi connectivity index (χ2v) is 10.8. The fraction of sp³-hybridized carbons (Fsp3) is 0.333. The van der Waals surface area contributed by atoms with Crippen LogP contribution >= 0.6 is 0 Å². The molecule has 0 bridgehead atoms. The molecule has 2 aliphatic heterocycles. The Morgan fingerprint density at radius 3 is 2.45 bits per heavy atom. The topological polar surface area (TPSA) is 137 Å². The lowest BCUT2D eigenvalue weighted by Gasteiger charge is -2.34. The third-order valence-corrected chi connectivity index (χ3v) is 6.85. The van der Waals surface area contributed by atoms with Crippen LogP contribution in [-0.2, 0) is 21.0 Å². The van der Waals surface area contributed by atoms with E-state index in [9.17, 15) is 31.2 Å². The minimum absolute atomic E-state index is 0.00652. The number of sulfonamides is 1. The number of nitrogens with zero attached hydrogens (tertiary/aromatic N) is 2. The first-order valence-corrected chi connectivity index (χ1v) is 13.6. The van der Waals surface area contributed by atoms with Crippen LogP contribution in [0, 0.1) is 0 Å². The third-order valence-electron chi connectivity index (χ3n) is 6.12. The molecule has 2 aromatic rings. The number of urea groups is 1. The molecule has 3 amide bonds. The van der Waals surface area contributed by atoms with Crippen molar-refractivity contribution in [3.8, 4) is 0 Å². The van der Waals surface area contributed by atoms with Gasteiger partial charge in [0.1, 0.15) is 0 Å². The number of halogens is 3. The van der Waals surface area contributed by atoms with Crippen molar-refractivity contribution in [1.82, 2.24) is 20.3 Å². The molecule has 0 saturated heterocycles. The monoisotopic (exact) mass is 552 g/mol. The van der Waals surface area contributed by atoms with Crippen LogP contribution in [0.15, 0.2) is 59.8 Å². The SMILES string of the molecule is CS(=O)(=O)NCCNCCN1CC2=C(C1=O)[C@@H](c1ccc(N)cc1)NC(=O)N2c1cccc(C(F)(F)F)c1. The minimum atomic E-state index is -4.61. The Morgan fingerprint density at radius 1 is 1.08 bits per heavy atom. The zero-order valence-corrected chi connectivity index (χ0v) is 21.2. The summed E-state index contributed by atoms with van der Waals surface area (Å²) in [5.74, 6) is -0.366. The van der Waals surface area contributed by atoms with Gasteiger partial charge in [-0.3, -0.25) is 9.69 Å². The van der Waals surface area contributed by atoms with Crippen molar-refractivity contribution in [2.45, 2.75) is 12.2 Å². The van der Waals surface area contributed by atoms with Gasteiger partial charge in [-0.05, 0) is 35.9 Å². The predicted octanol–water partition coefficient (Wildman–Crippen LogP) is 1.79. The molecule has 0 unspecified atom stereocenters. The number of nitrogen functional groups attached to an aromatic ring is 1. The molecule has 5 N–H and O–H groups in total. The smallest absolute Gasteiger partial charge is 0.399 e. The highest BCUT2D eigenvalue weighted by Gasteiger charge is 2.44. The van der Waals surface area contributed by atoms with Crippen molar-refractivity contribution in [2.24, 2.45) is 0 Å². The number of nitrogens with one attached hydrogen (secondary N) is 3. The van der Waals surface area contributed by atoms with Gasteiger partial charge < -0.3 is 21.3 Å². The molecular formula is C24H27F3N6O4S. The fourth-order valence-electron chi connectivity index (χ4n) is 4.37. The van der Waals surface area contributed by atoms with Crippen LogP contribution in [0.25, 0.3) is 0 Å². The molecule has 38 heavy (non-hydrogen) atoms. The molecule has 1 atom stereocenters. The Hall–Kier alpha value is -3.62. The summed E-state index contributed by atoms with van der Waals surface area (Å²) < 4.78 is 64.9. The molecular weight excluding hydrogens is 525 g/mol. The molecule has 2 aromatic carbocycles. The summed E-state index contributed by atoms with van der Waals surface area (Å²) >= 11 is 0. The number of benzene rings is 2. The van der Waals surface area contributed by atoms with Gasteiger partial charge in [-0.1, -0.05) is 18.2 Å². The van der Waals surface area contributed by atoms with Crippen molar-refractivity contribution in [2.75, 3.05) is 49.6 Å². The number of amides is 3. The molecule has 2 heterocycles. The highest BCUT2D eigenvalue weighted by molar-refractivity contribution is 7.88. The van der Waals surface area contributed by atoms with E-state index in [2.05, 4.69) is 15.4 Å². The molecule has 2 aliphatic rings. The second-order valence-electron chi connectivity index (χ2n) is 8.94. The summed E-state index contributed by atoms with van der Waals surface area (Å²) in [6.45, 7) is 1.06. The number of hydrogen-bond donors (Lipinski definition) is 4. The zero-order valence-electron chi connectivity index (χ0n) is 20.4. The van der Waals surface area contributed by atoms with E-state index >= 15 is 0 Å². The fourth-order valence-corrected chi connectivity index (χ4v) is 4.85. The summed E-state index contributed by atoms with van der Waals surface area (Å²) in [5, 5.41) is 5.80. The van der Waals surface area contributed by atoms with Gasteiger partial charge >= 0.3 is 12.2 Å². The molecule has 0 radical (unpaired) electrons. The number of rotatable bonds is 9. The average Bonchev–Trinajstić information content (AvgIpc) is 3.16. The van der Waals surface area contributed by atoms with Crippen LogP contribution in [0.3, 0.4) is 0 Å². The van der Waals surface area contributed by atoms with Crippen molar-refractivity contribution in [3.63, 3.8) is 0 Å². The Bertz CT molecular complexity index is 1360. The average molecular weight is 553 g/mol. The van der Waals surface area contributed by atoms with E-state index in [1.807, 2.05) is 0 Å². The van der Waals surface area contributed by atoms with Crippen LogP contribution in [0.1, 0.15) is 17.2 Å². The highest BCUT2D eigenvalue weighted by Crippen LogP contribution is 2.40. The maximum absolute atomic E-state index is 13.5. The molecule has 10 nitrogen and oxygen atoms in total. The molecule has 0 aromatic heterocycles. The van der Waals surface area contributed by atoms with Gasteiger partial charge in [0, 0.05) is 31.9 Å². The quantitative estimate of drug-likeness (QED) is 0.277. The van der Waals surface area contributed by atoms with Crippen LogP contribution in [0.5, 0.6) is 0 Å². The molecule has 0 spiro atoms. The molecule has 0 saturated carbocycles. The minimum Gasteiger partial charge on any atom is -0.399 e. The van der Waals surface area contributed by atoms with Crippen LogP contribution in [0.4, 0.5) is 29.3 Å². The number of carbonyl (C=O) groups excluding carboxylic acids is 2. The van der Waals surface area contributed by atoms with Crippen molar-refractivity contribution in [1.29, 1.82) is 0 Å². The van der Waals surface area contributed by atoms with E-state index in [4.69, 9.17) is 5.73 Å². The van der Waals surface area contributed by atoms with E-state index in [-0.39, 0.29) is 36.8 Å². The Morgan fingerprint density at radius 2 is 1.79 bits per heavy atom. The van der Waals surface area contributed by atoms with Crippen molar-refractivity contribution >= 4 is 33.3 Å². The zero-order chi connectivity index (χ0) is 27.7. The number of hydrogen-bond acceptors (Lipinski definition) is 6. The Labute approximate surface area is 217 Å². The summed E-state index contributed by atoms with van der Waals surface area (Å²) in [6.07, 6.45) is -3.56. The normalized spacial score (nSPS) is 18.2. The predicted molar refractivity (Wildman–Crippen MR) is 135 cm³/mol. The van der Waals surface area contributed by atoms with Crippen molar-refractivity contribution in [3.05, 3.63) is 70.9 Å². The van der Waals surface area contributed by atoms with E-state index in [1.165, 1.54) is 17.0 Å². The van der Waals surface area contributed by atoms with Gasteiger partial charge in [-0.25, -0.2) is 17.9 Å². The van der Waals surface area contributed by atoms with Gasteiger partial charge in [0.25, 0.3) is 5.91 Å². The van der Waals surface area contributed by atoms with Crippen LogP contribution in [0.2, 0.25) is 0 Å². The number of nitrogens with two attached hydrogens (primary N) is 1. The summed E-state index contributed by atoms with van der Waals surface area (Å²) in [4.78, 5) is 29.4. The Balaban J connectivity index is 1.61. The van der Waals surface area contributed by atoms with Gasteiger partial charge in [-0.15, -0.1) is 0 Å². The lowest BCUT2D eigenvalue weighted by Crippen LogP contribution is -2.47. The first-order chi connectivity index (χ1) is 17.8. The van der Waals surface area contributed by atoms with Crippen molar-refractivity contribution < 1.29 is 31.2 Å². The van der Waals surface area contributed by atoms with Crippen LogP contribution in [-0.4, -0.2) is 64.2 Å². The molecule has 14 heteroatoms. The second kappa shape index (κ2) is 10.6. The van der Waals surface area contributed by atoms with E-state index in [1.54, 1.807) is 24.3 Å². The maximum Gasteiger partial charge on any atom is 0.416 e. The third kappa shape index (κ3) is 6.09. The van der Waals surface area contributed by atoms with E-state index < -0.39 is 33.8 Å². The molecule has 0 aliphatic carbocycles. The molecule has 204 valence electrons. The highest BCUT2D eigenvalue weighted by atomic mass is 32.2. The van der Waals surface area contributed by atoms with E-state index in [0.717, 1.165) is 23.3 Å². The standard InChI is InChI=1S/C24H27F3N6O4S/c1-38(36,37)30-10-9-29-11-12-32-14-19-20(22(32)34)21(15-5-7-17(28)8-6-15)31-23(35)33(19)18-4-2-3-16(13-18)24(25,26)27/h2-8,13,21,29-30H,9-12,14,28H2,1H3,(H,31,35)/t21-/m1/s1. The molecule has 4 rings (SSSR count). The number of carbonyl (C=O) groups is 2. The number of anilines is 2. The van der Waals surface area contributed by atoms with E-state index in [0.29, 0.717) is 30.0 Å². The first kappa shape index (κ1) is 27.4.